The molecule has 1 aromatic rings. The lowest BCUT2D eigenvalue weighted by Crippen LogP contribution is -1.67. The number of nitriles is 1. The number of nitrogens with zero attached hydrogens (tertiary/aromatic N) is 1. The monoisotopic (exact) mass is 247 g/mol. The van der Waals surface area contributed by atoms with Crippen LogP contribution in [0.3, 0.4) is 0 Å². The Labute approximate surface area is 73.3 Å². The van der Waals surface area contributed by atoms with Crippen LogP contribution in [-0.2, 0) is 0 Å². The van der Waals surface area contributed by atoms with Gasteiger partial charge in [0.05, 0.1) is 3.57 Å². The maximum Gasteiger partial charge on any atom is 0.128 e. The van der Waals surface area contributed by atoms with E-state index in [1.54, 1.807) is 12.1 Å². The van der Waals surface area contributed by atoms with E-state index in [0.29, 0.717) is 5.75 Å². The average molecular weight is 247 g/mol. The van der Waals surface area contributed by atoms with Crippen molar-refractivity contribution in [3.63, 3.8) is 0 Å². The summed E-state index contributed by atoms with van der Waals surface area (Å²) in [4.78, 5) is 0. The molecule has 0 aliphatic carbocycles. The van der Waals surface area contributed by atoms with Gasteiger partial charge in [-0.05, 0) is 34.7 Å². The van der Waals surface area contributed by atoms with Crippen molar-refractivity contribution < 1.29 is 5.11 Å². The average Bonchev–Trinajstić information content (AvgIpc) is 2.00. The summed E-state index contributed by atoms with van der Waals surface area (Å²) in [6.07, 6.45) is 0. The van der Waals surface area contributed by atoms with Crippen molar-refractivity contribution in [1.29, 1.82) is 5.26 Å². The topological polar surface area (TPSA) is 44.0 Å². The number of phenols is 1. The summed E-state index contributed by atoms with van der Waals surface area (Å²) < 4.78 is 0.894. The first-order chi connectivity index (χ1) is 4.80. The van der Waals surface area contributed by atoms with Gasteiger partial charge in [0, 0.05) is 6.57 Å². The molecule has 0 amide bonds. The Morgan fingerprint density at radius 2 is 1.80 bits per heavy atom. The molecule has 1 rings (SSSR count). The molecular formula is C7H6INO. The highest BCUT2D eigenvalue weighted by Gasteiger charge is 1.89. The minimum absolute atomic E-state index is 0.355. The largest absolute Gasteiger partial charge is 0.507 e. The van der Waals surface area contributed by atoms with Crippen molar-refractivity contribution in [1.82, 2.24) is 0 Å². The molecule has 0 bridgehead atoms. The first-order valence-electron chi connectivity index (χ1n) is 2.50. The van der Waals surface area contributed by atoms with E-state index >= 15 is 0 Å². The second kappa shape index (κ2) is 5.06. The lowest BCUT2D eigenvalue weighted by atomic mass is 10.3. The summed E-state index contributed by atoms with van der Waals surface area (Å²) in [6, 6.07) is 7.22. The first kappa shape index (κ1) is 9.24. The van der Waals surface area contributed by atoms with Gasteiger partial charge >= 0.3 is 0 Å². The van der Waals surface area contributed by atoms with Gasteiger partial charge in [-0.3, -0.25) is 0 Å². The number of para-hydroxylation sites is 1. The van der Waals surface area contributed by atoms with Crippen LogP contribution in [0.1, 0.15) is 0 Å². The van der Waals surface area contributed by atoms with Crippen LogP contribution in [0.5, 0.6) is 5.75 Å². The minimum Gasteiger partial charge on any atom is -0.507 e. The van der Waals surface area contributed by atoms with Gasteiger partial charge in [-0.2, -0.15) is 0 Å². The highest BCUT2D eigenvalue weighted by molar-refractivity contribution is 14.1. The molecule has 2 nitrogen and oxygen atoms in total. The fraction of sp³-hybridized carbons (Fsp3) is 0. The Morgan fingerprint density at radius 1 is 1.30 bits per heavy atom. The van der Waals surface area contributed by atoms with Gasteiger partial charge in [-0.1, -0.05) is 12.1 Å². The van der Waals surface area contributed by atoms with Crippen LogP contribution in [0, 0.1) is 15.4 Å². The molecule has 52 valence electrons. The van der Waals surface area contributed by atoms with Crippen LogP contribution in [0.25, 0.3) is 0 Å². The molecule has 0 spiro atoms. The third-order valence-corrected chi connectivity index (χ3v) is 1.76. The van der Waals surface area contributed by atoms with Crippen molar-refractivity contribution in [2.45, 2.75) is 0 Å². The van der Waals surface area contributed by atoms with Crippen LogP contribution < -0.4 is 0 Å². The number of rotatable bonds is 0. The van der Waals surface area contributed by atoms with Gasteiger partial charge < -0.3 is 5.11 Å². The number of hydrogen-bond donors (Lipinski definition) is 1. The molecule has 0 heterocycles. The zero-order chi connectivity index (χ0) is 7.98. The predicted molar refractivity (Wildman–Crippen MR) is 47.5 cm³/mol. The molecule has 0 unspecified atom stereocenters. The zero-order valence-electron chi connectivity index (χ0n) is 5.16. The smallest absolute Gasteiger partial charge is 0.128 e. The van der Waals surface area contributed by atoms with Crippen LogP contribution in [0.2, 0.25) is 0 Å². The van der Waals surface area contributed by atoms with Crippen LogP contribution in [-0.4, -0.2) is 5.11 Å². The van der Waals surface area contributed by atoms with Crippen LogP contribution in [0.4, 0.5) is 0 Å². The summed E-state index contributed by atoms with van der Waals surface area (Å²) in [6.45, 7) is 3.50. The number of halogens is 1. The molecule has 0 fully saturated rings. The highest BCUT2D eigenvalue weighted by atomic mass is 127. The highest BCUT2D eigenvalue weighted by Crippen LogP contribution is 2.16. The fourth-order valence-corrected chi connectivity index (χ4v) is 0.839. The zero-order valence-corrected chi connectivity index (χ0v) is 7.32. The van der Waals surface area contributed by atoms with E-state index in [1.807, 2.05) is 12.1 Å². The summed E-state index contributed by atoms with van der Waals surface area (Å²) >= 11 is 2.07. The number of benzene rings is 1. The number of aromatic hydroxyl groups is 1. The Kier molecular flexibility index (Phi) is 4.67. The third kappa shape index (κ3) is 2.69. The van der Waals surface area contributed by atoms with E-state index in [9.17, 15) is 0 Å². The molecular weight excluding hydrogens is 241 g/mol. The molecule has 0 atom stereocenters. The van der Waals surface area contributed by atoms with Gasteiger partial charge in [-0.25, -0.2) is 5.26 Å². The molecule has 0 saturated carbocycles. The van der Waals surface area contributed by atoms with Gasteiger partial charge in [0.15, 0.2) is 0 Å². The van der Waals surface area contributed by atoms with Crippen LogP contribution in [0.15, 0.2) is 24.3 Å². The fourth-order valence-electron chi connectivity index (χ4n) is 0.452. The summed E-state index contributed by atoms with van der Waals surface area (Å²) in [5.74, 6) is 0.355. The minimum atomic E-state index is 0.355. The van der Waals surface area contributed by atoms with E-state index < -0.39 is 0 Å². The first-order valence-corrected chi connectivity index (χ1v) is 3.58. The molecule has 3 heteroatoms. The van der Waals surface area contributed by atoms with E-state index in [1.165, 1.54) is 0 Å². The van der Waals surface area contributed by atoms with E-state index in [2.05, 4.69) is 29.2 Å². The molecule has 0 saturated heterocycles. The molecule has 1 N–H and O–H groups in total. The van der Waals surface area contributed by atoms with E-state index in [4.69, 9.17) is 10.4 Å². The van der Waals surface area contributed by atoms with Gasteiger partial charge in [0.25, 0.3) is 0 Å². The normalized spacial score (nSPS) is 7.50. The predicted octanol–water partition coefficient (Wildman–Crippen LogP) is 2.14. The van der Waals surface area contributed by atoms with Gasteiger partial charge in [0.2, 0.25) is 0 Å². The lowest BCUT2D eigenvalue weighted by Gasteiger charge is -1.90. The van der Waals surface area contributed by atoms with E-state index in [0.717, 1.165) is 3.57 Å². The Balaban J connectivity index is 0.000000371. The van der Waals surface area contributed by atoms with Crippen molar-refractivity contribution in [2.75, 3.05) is 0 Å². The standard InChI is InChI=1S/C6H5IO.CHN/c7-5-3-1-2-4-6(5)8;1-2/h1-4,8H;1H. The quantitative estimate of drug-likeness (QED) is 0.713. The second-order valence-corrected chi connectivity index (χ2v) is 2.61. The maximum atomic E-state index is 8.91. The molecule has 0 radical (unpaired) electrons. The molecule has 0 aliphatic heterocycles. The number of hydrogen-bond acceptors (Lipinski definition) is 2. The van der Waals surface area contributed by atoms with E-state index in [-0.39, 0.29) is 0 Å². The van der Waals surface area contributed by atoms with Gasteiger partial charge in [-0.15, -0.1) is 0 Å². The lowest BCUT2D eigenvalue weighted by molar-refractivity contribution is 0.471. The van der Waals surface area contributed by atoms with Crippen molar-refractivity contribution in [2.24, 2.45) is 0 Å². The molecule has 10 heavy (non-hydrogen) atoms. The number of phenolic OH excluding ortho intramolecular Hbond substituents is 1. The summed E-state index contributed by atoms with van der Waals surface area (Å²) in [7, 11) is 0. The maximum absolute atomic E-state index is 8.91. The molecule has 1 aromatic carbocycles. The van der Waals surface area contributed by atoms with Crippen LogP contribution >= 0.6 is 22.6 Å². The molecule has 0 aliphatic rings. The second-order valence-electron chi connectivity index (χ2n) is 1.45. The van der Waals surface area contributed by atoms with Crippen molar-refractivity contribution in [3.8, 4) is 12.3 Å². The Hall–Kier alpha value is -0.760. The Morgan fingerprint density at radius 3 is 2.10 bits per heavy atom. The molecule has 0 aromatic heterocycles. The summed E-state index contributed by atoms with van der Waals surface area (Å²) in [5.41, 5.74) is 0. The van der Waals surface area contributed by atoms with Gasteiger partial charge in [0.1, 0.15) is 5.75 Å². The van der Waals surface area contributed by atoms with Crippen molar-refractivity contribution >= 4 is 22.6 Å². The SMILES string of the molecule is C#N.Oc1ccccc1I. The third-order valence-electron chi connectivity index (χ3n) is 0.852. The Bertz CT molecular complexity index is 201. The summed E-state index contributed by atoms with van der Waals surface area (Å²) in [5, 5.41) is 15.4. The van der Waals surface area contributed by atoms with Crippen molar-refractivity contribution in [3.05, 3.63) is 27.8 Å².